The maximum Gasteiger partial charge on any atom is 0.407 e. The second-order valence-corrected chi connectivity index (χ2v) is 8.50. The number of rotatable bonds is 9. The molecule has 7 nitrogen and oxygen atoms in total. The number of amides is 2. The summed E-state index contributed by atoms with van der Waals surface area (Å²) < 4.78 is 5.56. The van der Waals surface area contributed by atoms with E-state index in [0.717, 1.165) is 22.3 Å². The van der Waals surface area contributed by atoms with Gasteiger partial charge in [-0.15, -0.1) is 0 Å². The minimum atomic E-state index is -1.22. The minimum absolute atomic E-state index is 0.0962. The van der Waals surface area contributed by atoms with Crippen molar-refractivity contribution < 1.29 is 24.2 Å². The first kappa shape index (κ1) is 24.0. The van der Waals surface area contributed by atoms with E-state index in [4.69, 9.17) is 4.74 Å². The highest BCUT2D eigenvalue weighted by Crippen LogP contribution is 2.44. The van der Waals surface area contributed by atoms with Crippen molar-refractivity contribution in [3.63, 3.8) is 0 Å². The van der Waals surface area contributed by atoms with Crippen LogP contribution in [0.5, 0.6) is 0 Å². The maximum atomic E-state index is 12.9. The van der Waals surface area contributed by atoms with Crippen molar-refractivity contribution in [1.82, 2.24) is 10.6 Å². The molecule has 1 aliphatic rings. The van der Waals surface area contributed by atoms with Gasteiger partial charge in [0.25, 0.3) is 0 Å². The summed E-state index contributed by atoms with van der Waals surface area (Å²) in [6.07, 6.45) is 0.245. The molecule has 3 aromatic carbocycles. The number of hydrogen-bond acceptors (Lipinski definition) is 4. The lowest BCUT2D eigenvalue weighted by Gasteiger charge is -2.22. The maximum absolute atomic E-state index is 12.9. The first-order valence-electron chi connectivity index (χ1n) is 11.7. The molecule has 2 amide bonds. The van der Waals surface area contributed by atoms with E-state index in [1.165, 1.54) is 0 Å². The minimum Gasteiger partial charge on any atom is -0.479 e. The number of ether oxygens (including phenoxy) is 1. The van der Waals surface area contributed by atoms with Gasteiger partial charge in [-0.2, -0.15) is 0 Å². The van der Waals surface area contributed by atoms with Crippen molar-refractivity contribution in [2.75, 3.05) is 6.61 Å². The zero-order valence-corrected chi connectivity index (χ0v) is 19.4. The summed E-state index contributed by atoms with van der Waals surface area (Å²) in [4.78, 5) is 37.3. The molecule has 3 N–H and O–H groups in total. The highest BCUT2D eigenvalue weighted by Gasteiger charge is 2.30. The van der Waals surface area contributed by atoms with Crippen LogP contribution in [0.2, 0.25) is 0 Å². The third-order valence-corrected chi connectivity index (χ3v) is 6.20. The molecule has 0 spiro atoms. The van der Waals surface area contributed by atoms with Gasteiger partial charge in [-0.25, -0.2) is 9.59 Å². The summed E-state index contributed by atoms with van der Waals surface area (Å²) in [5.74, 6) is -1.85. The fourth-order valence-corrected chi connectivity index (χ4v) is 4.52. The number of carboxylic acid groups (broad SMARTS) is 1. The Labute approximate surface area is 204 Å². The van der Waals surface area contributed by atoms with E-state index in [1.807, 2.05) is 43.3 Å². The average Bonchev–Trinajstić information content (AvgIpc) is 3.19. The van der Waals surface area contributed by atoms with E-state index in [0.29, 0.717) is 18.4 Å². The summed E-state index contributed by atoms with van der Waals surface area (Å²) in [5.41, 5.74) is 4.89. The van der Waals surface area contributed by atoms with E-state index in [2.05, 4.69) is 22.8 Å². The number of aliphatic carboxylic acids is 1. The van der Waals surface area contributed by atoms with Gasteiger partial charge in [0.05, 0.1) is 0 Å². The van der Waals surface area contributed by atoms with Gasteiger partial charge in [0.1, 0.15) is 12.6 Å². The number of hydrogen-bond donors (Lipinski definition) is 3. The Morgan fingerprint density at radius 3 is 2.00 bits per heavy atom. The van der Waals surface area contributed by atoms with Crippen molar-refractivity contribution in [3.8, 4) is 11.1 Å². The summed E-state index contributed by atoms with van der Waals surface area (Å²) >= 11 is 0. The molecule has 35 heavy (non-hydrogen) atoms. The molecule has 1 aliphatic carbocycles. The van der Waals surface area contributed by atoms with Crippen LogP contribution in [0.1, 0.15) is 48.4 Å². The fraction of sp³-hybridized carbons (Fsp3) is 0.250. The van der Waals surface area contributed by atoms with Crippen LogP contribution >= 0.6 is 0 Å². The molecule has 0 radical (unpaired) electrons. The first-order chi connectivity index (χ1) is 17.0. The van der Waals surface area contributed by atoms with Crippen molar-refractivity contribution in [2.24, 2.45) is 0 Å². The van der Waals surface area contributed by atoms with Crippen LogP contribution in [-0.4, -0.2) is 35.7 Å². The lowest BCUT2D eigenvalue weighted by Crippen LogP contribution is -2.49. The van der Waals surface area contributed by atoms with Gasteiger partial charge in [0.15, 0.2) is 6.04 Å². The molecular weight excluding hydrogens is 444 g/mol. The highest BCUT2D eigenvalue weighted by atomic mass is 16.5. The lowest BCUT2D eigenvalue weighted by atomic mass is 9.98. The smallest absolute Gasteiger partial charge is 0.407 e. The molecule has 4 rings (SSSR count). The van der Waals surface area contributed by atoms with Crippen molar-refractivity contribution in [1.29, 1.82) is 0 Å². The topological polar surface area (TPSA) is 105 Å². The molecule has 0 unspecified atom stereocenters. The normalized spacial score (nSPS) is 13.7. The molecular formula is C28H28N2O5. The number of carboxylic acids is 1. The molecule has 7 heteroatoms. The van der Waals surface area contributed by atoms with Crippen LogP contribution in [-0.2, 0) is 14.3 Å². The van der Waals surface area contributed by atoms with Gasteiger partial charge >= 0.3 is 12.1 Å². The predicted molar refractivity (Wildman–Crippen MR) is 132 cm³/mol. The number of alkyl carbamates (subject to hydrolysis) is 1. The second-order valence-electron chi connectivity index (χ2n) is 8.50. The van der Waals surface area contributed by atoms with Crippen LogP contribution in [0.25, 0.3) is 11.1 Å². The van der Waals surface area contributed by atoms with Crippen LogP contribution in [0.3, 0.4) is 0 Å². The van der Waals surface area contributed by atoms with Gasteiger partial charge in [0, 0.05) is 5.92 Å². The Hall–Kier alpha value is -4.13. The molecule has 180 valence electrons. The van der Waals surface area contributed by atoms with Crippen molar-refractivity contribution in [2.45, 2.75) is 37.8 Å². The Balaban J connectivity index is 1.41. The number of carbonyl (C=O) groups is 3. The van der Waals surface area contributed by atoms with E-state index < -0.39 is 30.1 Å². The quantitative estimate of drug-likeness (QED) is 0.421. The Morgan fingerprint density at radius 2 is 1.43 bits per heavy atom. The largest absolute Gasteiger partial charge is 0.479 e. The number of fused-ring (bicyclic) bond motifs is 3. The third-order valence-electron chi connectivity index (χ3n) is 6.20. The van der Waals surface area contributed by atoms with Crippen LogP contribution < -0.4 is 10.6 Å². The van der Waals surface area contributed by atoms with E-state index in [1.54, 1.807) is 30.3 Å². The van der Waals surface area contributed by atoms with E-state index >= 15 is 0 Å². The molecule has 0 heterocycles. The Kier molecular flexibility index (Phi) is 7.45. The molecule has 2 atom stereocenters. The zero-order chi connectivity index (χ0) is 24.8. The average molecular weight is 473 g/mol. The fourth-order valence-electron chi connectivity index (χ4n) is 4.52. The molecule has 0 aliphatic heterocycles. The van der Waals surface area contributed by atoms with Gasteiger partial charge < -0.3 is 20.5 Å². The standard InChI is InChI=1S/C28H28N2O5/c1-2-10-24(26(31)30-25(27(32)33)18-11-4-3-5-12-18)29-28(34)35-17-23-21-15-8-6-13-19(21)20-14-7-9-16-22(20)23/h3-9,11-16,23-25H,2,10,17H2,1H3,(H,29,34)(H,30,31)(H,32,33)/t24-,25+/m1/s1. The van der Waals surface area contributed by atoms with Crippen molar-refractivity contribution in [3.05, 3.63) is 95.6 Å². The molecule has 0 aromatic heterocycles. The first-order valence-corrected chi connectivity index (χ1v) is 11.7. The van der Waals surface area contributed by atoms with Gasteiger partial charge in [-0.3, -0.25) is 4.79 Å². The monoisotopic (exact) mass is 472 g/mol. The molecule has 0 saturated carbocycles. The lowest BCUT2D eigenvalue weighted by molar-refractivity contribution is -0.142. The second kappa shape index (κ2) is 10.9. The molecule has 0 fully saturated rings. The summed E-state index contributed by atoms with van der Waals surface area (Å²) in [7, 11) is 0. The van der Waals surface area contributed by atoms with Crippen LogP contribution in [0.4, 0.5) is 4.79 Å². The summed E-state index contributed by atoms with van der Waals surface area (Å²) in [5, 5.41) is 14.8. The number of benzene rings is 3. The number of carbonyl (C=O) groups excluding carboxylic acids is 2. The SMILES string of the molecule is CCC[C@@H](NC(=O)OCC1c2ccccc2-c2ccccc21)C(=O)N[C@H](C(=O)O)c1ccccc1. The van der Waals surface area contributed by atoms with Crippen molar-refractivity contribution >= 4 is 18.0 Å². The molecule has 0 bridgehead atoms. The zero-order valence-electron chi connectivity index (χ0n) is 19.4. The van der Waals surface area contributed by atoms with E-state index in [-0.39, 0.29) is 12.5 Å². The predicted octanol–water partition coefficient (Wildman–Crippen LogP) is 4.64. The summed E-state index contributed by atoms with van der Waals surface area (Å²) in [6, 6.07) is 22.4. The van der Waals surface area contributed by atoms with Gasteiger partial charge in [-0.05, 0) is 34.2 Å². The van der Waals surface area contributed by atoms with E-state index in [9.17, 15) is 19.5 Å². The third kappa shape index (κ3) is 5.35. The van der Waals surface area contributed by atoms with Gasteiger partial charge in [-0.1, -0.05) is 92.2 Å². The number of nitrogens with one attached hydrogen (secondary N) is 2. The van der Waals surface area contributed by atoms with Crippen LogP contribution in [0.15, 0.2) is 78.9 Å². The Morgan fingerprint density at radius 1 is 0.857 bits per heavy atom. The molecule has 0 saturated heterocycles. The van der Waals surface area contributed by atoms with Crippen LogP contribution in [0, 0.1) is 0 Å². The summed E-state index contributed by atoms with van der Waals surface area (Å²) in [6.45, 7) is 2.01. The molecule has 3 aromatic rings. The highest BCUT2D eigenvalue weighted by molar-refractivity contribution is 5.89. The van der Waals surface area contributed by atoms with Gasteiger partial charge in [0.2, 0.25) is 5.91 Å². The Bertz CT molecular complexity index is 1170.